The summed E-state index contributed by atoms with van der Waals surface area (Å²) < 4.78 is 5.09. The van der Waals surface area contributed by atoms with Gasteiger partial charge in [-0.2, -0.15) is 0 Å². The fraction of sp³-hybridized carbons (Fsp3) is 0.308. The highest BCUT2D eigenvalue weighted by Crippen LogP contribution is 2.44. The van der Waals surface area contributed by atoms with Crippen LogP contribution < -0.4 is 5.73 Å². The summed E-state index contributed by atoms with van der Waals surface area (Å²) in [6.07, 6.45) is 4.82. The number of likely N-dealkylation sites (N-methyl/N-ethyl adjacent to an activating group) is 1. The van der Waals surface area contributed by atoms with Gasteiger partial charge in [0.15, 0.2) is 5.96 Å². The van der Waals surface area contributed by atoms with Crippen LogP contribution in [0.4, 0.5) is 0 Å². The summed E-state index contributed by atoms with van der Waals surface area (Å²) in [4.78, 5) is 21.8. The number of amides is 1. The van der Waals surface area contributed by atoms with Crippen molar-refractivity contribution in [3.63, 3.8) is 0 Å². The van der Waals surface area contributed by atoms with Crippen LogP contribution in [-0.4, -0.2) is 48.3 Å². The molecule has 0 radical (unpaired) electrons. The Morgan fingerprint density at radius 2 is 1.81 bits per heavy atom. The van der Waals surface area contributed by atoms with E-state index in [1.54, 1.807) is 12.3 Å². The van der Waals surface area contributed by atoms with E-state index in [0.29, 0.717) is 30.5 Å². The van der Waals surface area contributed by atoms with Crippen molar-refractivity contribution in [1.29, 1.82) is 0 Å². The number of aliphatic imine (C=N–C) groups is 1. The van der Waals surface area contributed by atoms with Gasteiger partial charge in [-0.05, 0) is 47.6 Å². The first-order valence-electron chi connectivity index (χ1n) is 11.1. The molecule has 2 aliphatic heterocycles. The average Bonchev–Trinajstić information content (AvgIpc) is 3.48. The number of piperidine rings is 1. The van der Waals surface area contributed by atoms with Crippen molar-refractivity contribution in [2.75, 3.05) is 26.7 Å². The standard InChI is InChI=1S/C26H28N4O2/c1-29-18-26(28-25(29)27,23-9-5-8-20(16-23)19-6-3-2-4-7-19)22-10-13-30(14-11-22)24(31)21-12-15-32-17-21/h2-9,12,15-17,22H,10-11,13-14,18H2,1H3,(H2,27,28). The van der Waals surface area contributed by atoms with Crippen LogP contribution in [0.1, 0.15) is 28.8 Å². The summed E-state index contributed by atoms with van der Waals surface area (Å²) >= 11 is 0. The number of nitrogens with two attached hydrogens (primary N) is 1. The Balaban J connectivity index is 1.44. The zero-order chi connectivity index (χ0) is 22.1. The molecule has 1 amide bonds. The first-order valence-corrected chi connectivity index (χ1v) is 11.1. The minimum absolute atomic E-state index is 0.0314. The van der Waals surface area contributed by atoms with E-state index in [9.17, 15) is 4.79 Å². The van der Waals surface area contributed by atoms with Crippen LogP contribution >= 0.6 is 0 Å². The van der Waals surface area contributed by atoms with Gasteiger partial charge in [0.25, 0.3) is 5.91 Å². The van der Waals surface area contributed by atoms with Crippen LogP contribution in [-0.2, 0) is 5.54 Å². The van der Waals surface area contributed by atoms with Gasteiger partial charge in [0, 0.05) is 20.1 Å². The summed E-state index contributed by atoms with van der Waals surface area (Å²) in [6, 6.07) is 20.8. The first-order chi connectivity index (χ1) is 15.6. The summed E-state index contributed by atoms with van der Waals surface area (Å²) in [6.45, 7) is 2.15. The van der Waals surface area contributed by atoms with Crippen molar-refractivity contribution in [3.05, 3.63) is 84.3 Å². The van der Waals surface area contributed by atoms with Crippen molar-refractivity contribution in [1.82, 2.24) is 9.80 Å². The third-order valence-corrected chi connectivity index (χ3v) is 6.88. The van der Waals surface area contributed by atoms with Crippen LogP contribution in [0.15, 0.2) is 82.6 Å². The largest absolute Gasteiger partial charge is 0.472 e. The molecule has 1 unspecified atom stereocenters. The highest BCUT2D eigenvalue weighted by molar-refractivity contribution is 5.93. The normalized spacial score (nSPS) is 21.6. The fourth-order valence-electron chi connectivity index (χ4n) is 5.11. The monoisotopic (exact) mass is 428 g/mol. The maximum atomic E-state index is 12.8. The molecule has 32 heavy (non-hydrogen) atoms. The third-order valence-electron chi connectivity index (χ3n) is 6.88. The molecule has 6 heteroatoms. The van der Waals surface area contributed by atoms with E-state index in [1.165, 1.54) is 23.0 Å². The number of hydrogen-bond acceptors (Lipinski definition) is 5. The molecular weight excluding hydrogens is 400 g/mol. The average molecular weight is 429 g/mol. The molecule has 3 aromatic rings. The van der Waals surface area contributed by atoms with E-state index in [4.69, 9.17) is 15.1 Å². The zero-order valence-electron chi connectivity index (χ0n) is 18.3. The third kappa shape index (κ3) is 3.55. The second-order valence-corrected chi connectivity index (χ2v) is 8.78. The highest BCUT2D eigenvalue weighted by atomic mass is 16.3. The predicted octanol–water partition coefficient (Wildman–Crippen LogP) is 3.95. The Bertz CT molecular complexity index is 1120. The lowest BCUT2D eigenvalue weighted by atomic mass is 9.73. The molecule has 0 bridgehead atoms. The van der Waals surface area contributed by atoms with Gasteiger partial charge < -0.3 is 20.0 Å². The number of carbonyl (C=O) groups is 1. The second-order valence-electron chi connectivity index (χ2n) is 8.78. The van der Waals surface area contributed by atoms with Gasteiger partial charge in [-0.25, -0.2) is 4.99 Å². The Morgan fingerprint density at radius 1 is 1.06 bits per heavy atom. The Labute approximate surface area is 188 Å². The number of rotatable bonds is 4. The van der Waals surface area contributed by atoms with Crippen molar-refractivity contribution in [2.24, 2.45) is 16.6 Å². The molecule has 164 valence electrons. The first kappa shape index (κ1) is 20.4. The number of carbonyl (C=O) groups excluding carboxylic acids is 1. The Hall–Kier alpha value is -3.54. The molecule has 1 aromatic heterocycles. The Kier molecular flexibility index (Phi) is 5.21. The van der Waals surface area contributed by atoms with Crippen LogP contribution in [0.25, 0.3) is 11.1 Å². The number of furan rings is 1. The lowest BCUT2D eigenvalue weighted by Gasteiger charge is -2.41. The quantitative estimate of drug-likeness (QED) is 0.683. The lowest BCUT2D eigenvalue weighted by Crippen LogP contribution is -2.46. The van der Waals surface area contributed by atoms with Crippen LogP contribution in [0.5, 0.6) is 0 Å². The second kappa shape index (κ2) is 8.19. The highest BCUT2D eigenvalue weighted by Gasteiger charge is 2.47. The van der Waals surface area contributed by atoms with Gasteiger partial charge in [0.1, 0.15) is 11.8 Å². The number of nitrogens with zero attached hydrogens (tertiary/aromatic N) is 3. The summed E-state index contributed by atoms with van der Waals surface area (Å²) in [7, 11) is 2.00. The van der Waals surface area contributed by atoms with E-state index in [1.807, 2.05) is 22.9 Å². The van der Waals surface area contributed by atoms with Gasteiger partial charge in [-0.3, -0.25) is 4.79 Å². The SMILES string of the molecule is CN1CC(c2cccc(-c3ccccc3)c2)(C2CCN(C(=O)c3ccoc3)CC2)N=C1N. The minimum Gasteiger partial charge on any atom is -0.472 e. The molecule has 3 heterocycles. The van der Waals surface area contributed by atoms with E-state index in [2.05, 4.69) is 48.5 Å². The molecule has 2 aromatic carbocycles. The fourth-order valence-corrected chi connectivity index (χ4v) is 5.11. The molecule has 1 saturated heterocycles. The van der Waals surface area contributed by atoms with Crippen molar-refractivity contribution in [2.45, 2.75) is 18.4 Å². The minimum atomic E-state index is -0.408. The summed E-state index contributed by atoms with van der Waals surface area (Å²) in [5.41, 5.74) is 10.0. The van der Waals surface area contributed by atoms with Crippen LogP contribution in [0.2, 0.25) is 0 Å². The molecule has 1 fully saturated rings. The molecule has 2 N–H and O–H groups in total. The maximum Gasteiger partial charge on any atom is 0.257 e. The van der Waals surface area contributed by atoms with E-state index < -0.39 is 5.54 Å². The molecule has 6 nitrogen and oxygen atoms in total. The predicted molar refractivity (Wildman–Crippen MR) is 125 cm³/mol. The zero-order valence-corrected chi connectivity index (χ0v) is 18.3. The molecule has 0 aliphatic carbocycles. The molecule has 2 aliphatic rings. The maximum absolute atomic E-state index is 12.8. The molecule has 0 saturated carbocycles. The van der Waals surface area contributed by atoms with E-state index >= 15 is 0 Å². The summed E-state index contributed by atoms with van der Waals surface area (Å²) in [5, 5.41) is 0. The van der Waals surface area contributed by atoms with Gasteiger partial charge in [-0.1, -0.05) is 48.5 Å². The number of guanidine groups is 1. The molecule has 5 rings (SSSR count). The topological polar surface area (TPSA) is 75.1 Å². The van der Waals surface area contributed by atoms with Gasteiger partial charge >= 0.3 is 0 Å². The van der Waals surface area contributed by atoms with Gasteiger partial charge in [0.05, 0.1) is 18.4 Å². The van der Waals surface area contributed by atoms with Crippen molar-refractivity contribution in [3.8, 4) is 11.1 Å². The van der Waals surface area contributed by atoms with Crippen LogP contribution in [0, 0.1) is 5.92 Å². The molecule has 1 atom stereocenters. The van der Waals surface area contributed by atoms with E-state index in [-0.39, 0.29) is 5.91 Å². The molecule has 0 spiro atoms. The van der Waals surface area contributed by atoms with Gasteiger partial charge in [0.2, 0.25) is 0 Å². The smallest absolute Gasteiger partial charge is 0.257 e. The number of benzene rings is 2. The summed E-state index contributed by atoms with van der Waals surface area (Å²) in [5.74, 6) is 0.904. The van der Waals surface area contributed by atoms with Crippen molar-refractivity contribution >= 4 is 11.9 Å². The van der Waals surface area contributed by atoms with E-state index in [0.717, 1.165) is 19.4 Å². The van der Waals surface area contributed by atoms with Gasteiger partial charge in [-0.15, -0.1) is 0 Å². The van der Waals surface area contributed by atoms with Crippen LogP contribution in [0.3, 0.4) is 0 Å². The van der Waals surface area contributed by atoms with Crippen molar-refractivity contribution < 1.29 is 9.21 Å². The molecular formula is C26H28N4O2. The lowest BCUT2D eigenvalue weighted by molar-refractivity contribution is 0.0633. The Morgan fingerprint density at radius 3 is 2.47 bits per heavy atom. The number of likely N-dealkylation sites (tertiary alicyclic amines) is 1. The number of hydrogen-bond donors (Lipinski definition) is 1.